The maximum Gasteiger partial charge on any atom is 0.490 e. The van der Waals surface area contributed by atoms with Gasteiger partial charge in [-0.1, -0.05) is 36.4 Å². The third-order valence-electron chi connectivity index (χ3n) is 3.93. The van der Waals surface area contributed by atoms with Gasteiger partial charge in [0.2, 0.25) is 0 Å². The molecule has 0 unspecified atom stereocenters. The van der Waals surface area contributed by atoms with Crippen molar-refractivity contribution < 1.29 is 26.9 Å². The summed E-state index contributed by atoms with van der Waals surface area (Å²) in [6.45, 7) is 0. The molecule has 0 spiro atoms. The second-order valence-corrected chi connectivity index (χ2v) is 9.38. The Hall–Kier alpha value is -2.86. The van der Waals surface area contributed by atoms with Gasteiger partial charge in [0.05, 0.1) is 9.79 Å². The second-order valence-electron chi connectivity index (χ2n) is 6.01. The van der Waals surface area contributed by atoms with Gasteiger partial charge in [0.15, 0.2) is 0 Å². The van der Waals surface area contributed by atoms with Crippen molar-refractivity contribution in [3.05, 3.63) is 78.9 Å². The van der Waals surface area contributed by atoms with E-state index >= 15 is 0 Å². The molecule has 3 aromatic rings. The zero-order valence-corrected chi connectivity index (χ0v) is 16.6. The molecule has 0 saturated heterocycles. The Balaban J connectivity index is 1.92. The Bertz CT molecular complexity index is 1200. The number of sulfonamides is 2. The van der Waals surface area contributed by atoms with Gasteiger partial charge < -0.3 is 10.0 Å². The molecule has 0 fully saturated rings. The summed E-state index contributed by atoms with van der Waals surface area (Å²) in [5.74, 6) is 0. The Morgan fingerprint density at radius 3 is 1.62 bits per heavy atom. The van der Waals surface area contributed by atoms with Crippen molar-refractivity contribution in [2.75, 3.05) is 9.44 Å². The quantitative estimate of drug-likeness (QED) is 0.412. The van der Waals surface area contributed by atoms with Crippen LogP contribution in [0, 0.1) is 0 Å². The molecular weight excluding hydrogens is 415 g/mol. The maximum absolute atomic E-state index is 12.5. The van der Waals surface area contributed by atoms with Gasteiger partial charge >= 0.3 is 7.12 Å². The highest BCUT2D eigenvalue weighted by Crippen LogP contribution is 2.20. The number of hydrogen-bond donors (Lipinski definition) is 4. The minimum atomic E-state index is -3.97. The molecule has 0 saturated carbocycles. The first-order chi connectivity index (χ1) is 13.7. The van der Waals surface area contributed by atoms with Gasteiger partial charge in [-0.05, 0) is 42.5 Å². The SMILES string of the molecule is O=S(=O)(Nc1ccc(NS(=O)(=O)c2ccccc2)c(B(O)O)c1)c1ccccc1. The molecule has 0 heterocycles. The van der Waals surface area contributed by atoms with E-state index in [1.807, 2.05) is 0 Å². The first kappa shape index (κ1) is 20.9. The fourth-order valence-electron chi connectivity index (χ4n) is 2.55. The summed E-state index contributed by atoms with van der Waals surface area (Å²) in [5, 5.41) is 19.3. The number of hydrogen-bond acceptors (Lipinski definition) is 6. The lowest BCUT2D eigenvalue weighted by atomic mass is 9.79. The lowest BCUT2D eigenvalue weighted by Gasteiger charge is -2.15. The van der Waals surface area contributed by atoms with Gasteiger partial charge in [-0.25, -0.2) is 16.8 Å². The first-order valence-corrected chi connectivity index (χ1v) is 11.3. The number of nitrogens with one attached hydrogen (secondary N) is 2. The van der Waals surface area contributed by atoms with Crippen LogP contribution >= 0.6 is 0 Å². The van der Waals surface area contributed by atoms with Crippen LogP contribution < -0.4 is 14.9 Å². The molecule has 29 heavy (non-hydrogen) atoms. The Morgan fingerprint density at radius 2 is 1.14 bits per heavy atom. The molecule has 0 aromatic heterocycles. The summed E-state index contributed by atoms with van der Waals surface area (Å²) in [4.78, 5) is 0.0205. The van der Waals surface area contributed by atoms with Crippen LogP contribution in [0.4, 0.5) is 11.4 Å². The molecule has 0 aliphatic rings. The van der Waals surface area contributed by atoms with Crippen LogP contribution in [0.25, 0.3) is 0 Å². The number of benzene rings is 3. The molecular formula is C18H17BN2O6S2. The minimum Gasteiger partial charge on any atom is -0.423 e. The predicted octanol–water partition coefficient (Wildman–Crippen LogP) is 0.968. The van der Waals surface area contributed by atoms with Crippen molar-refractivity contribution >= 4 is 44.0 Å². The summed E-state index contributed by atoms with van der Waals surface area (Å²) < 4.78 is 54.5. The number of rotatable bonds is 7. The van der Waals surface area contributed by atoms with Crippen LogP contribution in [-0.4, -0.2) is 34.0 Å². The fourth-order valence-corrected chi connectivity index (χ4v) is 4.73. The summed E-state index contributed by atoms with van der Waals surface area (Å²) in [6.07, 6.45) is 0. The molecule has 3 aromatic carbocycles. The Morgan fingerprint density at radius 1 is 0.655 bits per heavy atom. The van der Waals surface area contributed by atoms with Crippen molar-refractivity contribution in [3.63, 3.8) is 0 Å². The van der Waals surface area contributed by atoms with Crippen LogP contribution in [0.5, 0.6) is 0 Å². The van der Waals surface area contributed by atoms with Gasteiger partial charge in [-0.15, -0.1) is 0 Å². The van der Waals surface area contributed by atoms with E-state index in [2.05, 4.69) is 9.44 Å². The smallest absolute Gasteiger partial charge is 0.423 e. The van der Waals surface area contributed by atoms with E-state index in [0.717, 1.165) is 6.07 Å². The van der Waals surface area contributed by atoms with E-state index in [1.54, 1.807) is 36.4 Å². The monoisotopic (exact) mass is 432 g/mol. The van der Waals surface area contributed by atoms with E-state index in [-0.39, 0.29) is 26.6 Å². The lowest BCUT2D eigenvalue weighted by molar-refractivity contribution is 0.426. The Labute approximate surface area is 169 Å². The van der Waals surface area contributed by atoms with Gasteiger partial charge in [0.25, 0.3) is 20.0 Å². The molecule has 0 atom stereocenters. The molecule has 0 radical (unpaired) electrons. The van der Waals surface area contributed by atoms with E-state index in [0.29, 0.717) is 0 Å². The van der Waals surface area contributed by atoms with Gasteiger partial charge in [0.1, 0.15) is 0 Å². The molecule has 11 heteroatoms. The maximum atomic E-state index is 12.5. The average Bonchev–Trinajstić information content (AvgIpc) is 2.70. The highest BCUT2D eigenvalue weighted by atomic mass is 32.2. The van der Waals surface area contributed by atoms with Gasteiger partial charge in [0, 0.05) is 16.8 Å². The van der Waals surface area contributed by atoms with Crippen LogP contribution in [0.2, 0.25) is 0 Å². The normalized spacial score (nSPS) is 11.7. The lowest BCUT2D eigenvalue weighted by Crippen LogP contribution is -2.34. The molecule has 0 bridgehead atoms. The Kier molecular flexibility index (Phi) is 5.94. The highest BCUT2D eigenvalue weighted by Gasteiger charge is 2.23. The second kappa shape index (κ2) is 8.25. The zero-order chi connectivity index (χ0) is 21.1. The molecule has 0 amide bonds. The van der Waals surface area contributed by atoms with Crippen molar-refractivity contribution in [2.45, 2.75) is 9.79 Å². The molecule has 150 valence electrons. The topological polar surface area (TPSA) is 133 Å². The van der Waals surface area contributed by atoms with Crippen molar-refractivity contribution in [2.24, 2.45) is 0 Å². The summed E-state index contributed by atoms with van der Waals surface area (Å²) in [6, 6.07) is 18.9. The predicted molar refractivity (Wildman–Crippen MR) is 111 cm³/mol. The first-order valence-electron chi connectivity index (χ1n) is 8.35. The van der Waals surface area contributed by atoms with E-state index < -0.39 is 27.2 Å². The third-order valence-corrected chi connectivity index (χ3v) is 6.71. The highest BCUT2D eigenvalue weighted by molar-refractivity contribution is 7.93. The minimum absolute atomic E-state index is 0.00719. The third kappa shape index (κ3) is 4.95. The fraction of sp³-hybridized carbons (Fsp3) is 0. The molecule has 0 aliphatic carbocycles. The van der Waals surface area contributed by atoms with Crippen molar-refractivity contribution in [3.8, 4) is 0 Å². The van der Waals surface area contributed by atoms with Crippen LogP contribution in [0.15, 0.2) is 88.7 Å². The van der Waals surface area contributed by atoms with E-state index in [9.17, 15) is 26.9 Å². The van der Waals surface area contributed by atoms with Crippen LogP contribution in [0.1, 0.15) is 0 Å². The standard InChI is InChI=1S/C18H17BN2O6S2/c22-19(23)17-13-14(20-28(24,25)15-7-3-1-4-8-15)11-12-18(17)21-29(26,27)16-9-5-2-6-10-16/h1-13,20-23H. The van der Waals surface area contributed by atoms with E-state index in [4.69, 9.17) is 0 Å². The summed E-state index contributed by atoms with van der Waals surface area (Å²) in [7, 11) is -9.91. The van der Waals surface area contributed by atoms with Crippen LogP contribution in [-0.2, 0) is 20.0 Å². The largest absolute Gasteiger partial charge is 0.490 e. The van der Waals surface area contributed by atoms with Gasteiger partial charge in [-0.2, -0.15) is 0 Å². The number of anilines is 2. The van der Waals surface area contributed by atoms with Crippen LogP contribution in [0.3, 0.4) is 0 Å². The molecule has 3 rings (SSSR count). The molecule has 0 aliphatic heterocycles. The zero-order valence-electron chi connectivity index (χ0n) is 14.9. The molecule has 4 N–H and O–H groups in total. The van der Waals surface area contributed by atoms with Crippen molar-refractivity contribution in [1.82, 2.24) is 0 Å². The summed E-state index contributed by atoms with van der Waals surface area (Å²) >= 11 is 0. The van der Waals surface area contributed by atoms with E-state index in [1.165, 1.54) is 36.4 Å². The van der Waals surface area contributed by atoms with Gasteiger partial charge in [-0.3, -0.25) is 9.44 Å². The molecule has 8 nitrogen and oxygen atoms in total. The average molecular weight is 432 g/mol. The summed E-state index contributed by atoms with van der Waals surface area (Å²) in [5.41, 5.74) is -0.260. The van der Waals surface area contributed by atoms with Crippen molar-refractivity contribution in [1.29, 1.82) is 0 Å².